The van der Waals surface area contributed by atoms with Crippen LogP contribution in [-0.2, 0) is 22.0 Å². The molecule has 2 N–H and O–H groups in total. The Morgan fingerprint density at radius 2 is 1.89 bits per heavy atom. The lowest BCUT2D eigenvalue weighted by Gasteiger charge is -2.15. The van der Waals surface area contributed by atoms with Crippen LogP contribution in [0.15, 0.2) is 47.4 Å². The number of carbonyl (C=O) groups is 1. The third kappa shape index (κ3) is 5.67. The van der Waals surface area contributed by atoms with Gasteiger partial charge in [-0.2, -0.15) is 13.2 Å². The molecule has 6 nitrogen and oxygen atoms in total. The van der Waals surface area contributed by atoms with Gasteiger partial charge in [-0.1, -0.05) is 36.3 Å². The van der Waals surface area contributed by atoms with Crippen LogP contribution in [-0.4, -0.2) is 22.2 Å². The monoisotopic (exact) mass is 523 g/mol. The Balaban J connectivity index is 1.61. The minimum absolute atomic E-state index is 0.00307. The van der Waals surface area contributed by atoms with E-state index >= 15 is 0 Å². The number of aryl methyl sites for hydroxylation is 1. The fraction of sp³-hybridized carbons (Fsp3) is 0.333. The predicted octanol–water partition coefficient (Wildman–Crippen LogP) is 6.41. The summed E-state index contributed by atoms with van der Waals surface area (Å²) in [5, 5.41) is 3.37. The normalized spacial score (nSPS) is 15.1. The smallest absolute Gasteiger partial charge is 0.418 e. The Morgan fingerprint density at radius 1 is 1.17 bits per heavy atom. The number of thiazole rings is 1. The Labute approximate surface area is 207 Å². The first-order valence-electron chi connectivity index (χ1n) is 11.0. The first kappa shape index (κ1) is 25.2. The first-order valence-corrected chi connectivity index (χ1v) is 13.0. The average molecular weight is 524 g/mol. The van der Waals surface area contributed by atoms with Crippen molar-refractivity contribution in [1.82, 2.24) is 4.98 Å². The van der Waals surface area contributed by atoms with E-state index in [1.807, 2.05) is 0 Å². The molecule has 1 saturated carbocycles. The zero-order valence-corrected chi connectivity index (χ0v) is 20.7. The van der Waals surface area contributed by atoms with Gasteiger partial charge in [0.2, 0.25) is 5.91 Å². The lowest BCUT2D eigenvalue weighted by Crippen LogP contribution is -2.20. The third-order valence-corrected chi connectivity index (χ3v) is 8.06. The number of nitrogens with one attached hydrogen (secondary N) is 2. The van der Waals surface area contributed by atoms with Gasteiger partial charge in [0, 0.05) is 5.92 Å². The van der Waals surface area contributed by atoms with E-state index in [4.69, 9.17) is 4.74 Å². The van der Waals surface area contributed by atoms with E-state index in [0.29, 0.717) is 16.4 Å². The molecule has 2 aromatic carbocycles. The van der Waals surface area contributed by atoms with Gasteiger partial charge >= 0.3 is 6.18 Å². The van der Waals surface area contributed by atoms with Crippen molar-refractivity contribution in [2.45, 2.75) is 43.7 Å². The van der Waals surface area contributed by atoms with Crippen LogP contribution in [0.4, 0.5) is 24.0 Å². The molecule has 1 fully saturated rings. The fourth-order valence-corrected chi connectivity index (χ4v) is 6.07. The van der Waals surface area contributed by atoms with Crippen molar-refractivity contribution >= 4 is 39.0 Å². The molecule has 0 radical (unpaired) electrons. The number of para-hydroxylation sites is 1. The minimum Gasteiger partial charge on any atom is -0.495 e. The van der Waals surface area contributed by atoms with Crippen LogP contribution in [0.5, 0.6) is 5.75 Å². The topological polar surface area (TPSA) is 80.3 Å². The summed E-state index contributed by atoms with van der Waals surface area (Å²) in [6.07, 6.45) is -0.748. The molecular formula is C24H24F3N3O3S2. The van der Waals surface area contributed by atoms with Crippen LogP contribution in [0.25, 0.3) is 10.4 Å². The van der Waals surface area contributed by atoms with E-state index in [1.54, 1.807) is 25.1 Å². The first-order chi connectivity index (χ1) is 16.7. The molecule has 186 valence electrons. The summed E-state index contributed by atoms with van der Waals surface area (Å²) >= 11 is 1.29. The minimum atomic E-state index is -4.60. The van der Waals surface area contributed by atoms with Crippen molar-refractivity contribution < 1.29 is 26.9 Å². The molecule has 0 saturated heterocycles. The molecule has 1 aliphatic rings. The SMILES string of the molecule is COc1ccc(-c2sc(NC(=O)C3CCCC3)nc2C)cc1S(=O)Nc1ccccc1C(F)(F)F. The molecule has 1 heterocycles. The number of methoxy groups -OCH3 is 1. The molecule has 1 aliphatic carbocycles. The highest BCUT2D eigenvalue weighted by atomic mass is 32.2. The lowest BCUT2D eigenvalue weighted by molar-refractivity contribution is -0.136. The molecule has 0 aliphatic heterocycles. The van der Waals surface area contributed by atoms with Crippen LogP contribution >= 0.6 is 11.3 Å². The highest BCUT2D eigenvalue weighted by Crippen LogP contribution is 2.38. The van der Waals surface area contributed by atoms with Gasteiger partial charge in [-0.25, -0.2) is 9.19 Å². The maximum absolute atomic E-state index is 13.4. The molecular weight excluding hydrogens is 499 g/mol. The molecule has 1 aromatic heterocycles. The van der Waals surface area contributed by atoms with Crippen LogP contribution in [0.2, 0.25) is 0 Å². The summed E-state index contributed by atoms with van der Waals surface area (Å²) in [7, 11) is -0.649. The van der Waals surface area contributed by atoms with E-state index in [9.17, 15) is 22.2 Å². The van der Waals surface area contributed by atoms with Gasteiger partial charge in [0.1, 0.15) is 10.6 Å². The molecule has 35 heavy (non-hydrogen) atoms. The molecule has 3 aromatic rings. The van der Waals surface area contributed by atoms with Gasteiger partial charge in [0.25, 0.3) is 0 Å². The number of hydrogen-bond donors (Lipinski definition) is 2. The predicted molar refractivity (Wildman–Crippen MR) is 131 cm³/mol. The number of aromatic nitrogens is 1. The molecule has 0 bridgehead atoms. The standard InChI is InChI=1S/C24H24F3N3O3S2/c1-14-21(34-23(28-14)29-22(31)15-7-3-4-8-15)16-11-12-19(33-2)20(13-16)35(32)30-18-10-6-5-9-17(18)24(25,26)27/h5-6,9-13,15,30H,3-4,7-8H2,1-2H3,(H,28,29,31). The van der Waals surface area contributed by atoms with Crippen LogP contribution in [0, 0.1) is 12.8 Å². The second-order valence-electron chi connectivity index (χ2n) is 8.18. The Morgan fingerprint density at radius 3 is 2.57 bits per heavy atom. The quantitative estimate of drug-likeness (QED) is 0.375. The van der Waals surface area contributed by atoms with Gasteiger partial charge in [0.15, 0.2) is 16.1 Å². The van der Waals surface area contributed by atoms with Crippen molar-refractivity contribution in [2.75, 3.05) is 17.1 Å². The highest BCUT2D eigenvalue weighted by molar-refractivity contribution is 7.86. The molecule has 1 unspecified atom stereocenters. The van der Waals surface area contributed by atoms with Crippen molar-refractivity contribution in [3.63, 3.8) is 0 Å². The summed E-state index contributed by atoms with van der Waals surface area (Å²) in [5.74, 6) is 0.233. The molecule has 1 amide bonds. The summed E-state index contributed by atoms with van der Waals surface area (Å²) in [6, 6.07) is 9.82. The Kier molecular flexibility index (Phi) is 7.46. The van der Waals surface area contributed by atoms with E-state index < -0.39 is 22.7 Å². The van der Waals surface area contributed by atoms with Gasteiger partial charge in [0.05, 0.1) is 28.9 Å². The van der Waals surface area contributed by atoms with Crippen molar-refractivity contribution in [1.29, 1.82) is 0 Å². The number of amides is 1. The number of carbonyl (C=O) groups excluding carboxylic acids is 1. The van der Waals surface area contributed by atoms with E-state index in [2.05, 4.69) is 15.0 Å². The number of anilines is 2. The van der Waals surface area contributed by atoms with Crippen LogP contribution < -0.4 is 14.8 Å². The maximum Gasteiger partial charge on any atom is 0.418 e. The zero-order chi connectivity index (χ0) is 25.2. The second-order valence-corrected chi connectivity index (χ2v) is 10.4. The molecule has 1 atom stereocenters. The third-order valence-electron chi connectivity index (χ3n) is 5.81. The fourth-order valence-electron chi connectivity index (χ4n) is 4.05. The van der Waals surface area contributed by atoms with Crippen LogP contribution in [0.3, 0.4) is 0 Å². The summed E-state index contributed by atoms with van der Waals surface area (Å²) < 4.78 is 61.0. The van der Waals surface area contributed by atoms with Gasteiger partial charge in [-0.3, -0.25) is 4.79 Å². The van der Waals surface area contributed by atoms with Gasteiger partial charge < -0.3 is 14.8 Å². The van der Waals surface area contributed by atoms with Crippen molar-refractivity contribution in [3.05, 3.63) is 53.7 Å². The van der Waals surface area contributed by atoms with E-state index in [1.165, 1.54) is 36.6 Å². The van der Waals surface area contributed by atoms with Gasteiger partial charge in [-0.05, 0) is 55.7 Å². The number of rotatable bonds is 7. The van der Waals surface area contributed by atoms with Crippen molar-refractivity contribution in [2.24, 2.45) is 5.92 Å². The van der Waals surface area contributed by atoms with Crippen LogP contribution in [0.1, 0.15) is 36.9 Å². The zero-order valence-electron chi connectivity index (χ0n) is 19.1. The average Bonchev–Trinajstić information content (AvgIpc) is 3.48. The molecule has 0 spiro atoms. The Bertz CT molecular complexity index is 1250. The van der Waals surface area contributed by atoms with E-state index in [0.717, 1.165) is 36.6 Å². The highest BCUT2D eigenvalue weighted by Gasteiger charge is 2.33. The summed E-state index contributed by atoms with van der Waals surface area (Å²) in [6.45, 7) is 1.80. The number of nitrogens with zero attached hydrogens (tertiary/aromatic N) is 1. The maximum atomic E-state index is 13.4. The number of ether oxygens (including phenoxy) is 1. The largest absolute Gasteiger partial charge is 0.495 e. The molecule has 4 rings (SSSR count). The lowest BCUT2D eigenvalue weighted by atomic mass is 10.1. The number of hydrogen-bond acceptors (Lipinski definition) is 5. The van der Waals surface area contributed by atoms with E-state index in [-0.39, 0.29) is 28.2 Å². The van der Waals surface area contributed by atoms with Crippen molar-refractivity contribution in [3.8, 4) is 16.2 Å². The number of halogens is 3. The second kappa shape index (κ2) is 10.4. The summed E-state index contributed by atoms with van der Waals surface area (Å²) in [4.78, 5) is 17.9. The van der Waals surface area contributed by atoms with Gasteiger partial charge in [-0.15, -0.1) is 0 Å². The molecule has 11 heteroatoms. The number of benzene rings is 2. The Hall–Kier alpha value is -2.92. The summed E-state index contributed by atoms with van der Waals surface area (Å²) in [5.41, 5.74) is 0.131. The number of alkyl halides is 3.